The van der Waals surface area contributed by atoms with Gasteiger partial charge in [0.2, 0.25) is 0 Å². The summed E-state index contributed by atoms with van der Waals surface area (Å²) in [7, 11) is 1.59. The molecule has 0 spiro atoms. The predicted molar refractivity (Wildman–Crippen MR) is 131 cm³/mol. The van der Waals surface area contributed by atoms with E-state index in [0.29, 0.717) is 41.1 Å². The zero-order chi connectivity index (χ0) is 23.2. The quantitative estimate of drug-likeness (QED) is 0.340. The second-order valence-corrected chi connectivity index (χ2v) is 7.75. The highest BCUT2D eigenvalue weighted by molar-refractivity contribution is 6.30. The maximum absolute atomic E-state index is 13.3. The van der Waals surface area contributed by atoms with Gasteiger partial charge in [0.15, 0.2) is 11.5 Å². The van der Waals surface area contributed by atoms with E-state index in [1.807, 2.05) is 61.5 Å². The van der Waals surface area contributed by atoms with Crippen molar-refractivity contribution in [2.24, 2.45) is 0 Å². The minimum Gasteiger partial charge on any atom is -0.493 e. The van der Waals surface area contributed by atoms with Crippen molar-refractivity contribution in [2.45, 2.75) is 13.5 Å². The summed E-state index contributed by atoms with van der Waals surface area (Å²) in [6.45, 7) is 2.77. The number of H-pyrrole nitrogens is 1. The number of carbonyl (C=O) groups is 1. The number of rotatable bonds is 8. The van der Waals surface area contributed by atoms with Crippen LogP contribution in [0.25, 0.3) is 22.7 Å². The molecule has 0 unspecified atom stereocenters. The van der Waals surface area contributed by atoms with E-state index < -0.39 is 0 Å². The van der Waals surface area contributed by atoms with E-state index in [4.69, 9.17) is 21.1 Å². The minimum atomic E-state index is -0.252. The van der Waals surface area contributed by atoms with E-state index in [0.717, 1.165) is 22.2 Å². The number of nitrogens with zero attached hydrogens (tertiary/aromatic N) is 1. The van der Waals surface area contributed by atoms with Gasteiger partial charge in [-0.05, 0) is 60.5 Å². The van der Waals surface area contributed by atoms with Crippen LogP contribution < -0.4 is 14.8 Å². The van der Waals surface area contributed by atoms with E-state index >= 15 is 0 Å². The number of nitrogens with one attached hydrogen (secondary N) is 2. The first kappa shape index (κ1) is 22.4. The Morgan fingerprint density at radius 2 is 1.88 bits per heavy atom. The summed E-state index contributed by atoms with van der Waals surface area (Å²) >= 11 is 5.96. The number of ether oxygens (including phenoxy) is 2. The predicted octanol–water partition coefficient (Wildman–Crippen LogP) is 5.48. The molecule has 7 heteroatoms. The molecule has 4 aromatic rings. The summed E-state index contributed by atoms with van der Waals surface area (Å²) in [5.74, 6) is 1.47. The van der Waals surface area contributed by atoms with Crippen molar-refractivity contribution in [3.05, 3.63) is 88.7 Å². The number of carbonyl (C=O) groups excluding carboxylic acids is 1. The maximum Gasteiger partial charge on any atom is 0.255 e. The highest BCUT2D eigenvalue weighted by Crippen LogP contribution is 2.30. The molecular weight excluding hydrogens is 438 g/mol. The maximum atomic E-state index is 13.3. The molecule has 0 fully saturated rings. The second-order valence-electron chi connectivity index (χ2n) is 7.31. The fraction of sp³-hybridized carbons (Fsp3) is 0.154. The zero-order valence-electron chi connectivity index (χ0n) is 18.4. The largest absolute Gasteiger partial charge is 0.493 e. The molecule has 1 heterocycles. The number of hydrogen-bond donors (Lipinski definition) is 2. The van der Waals surface area contributed by atoms with Gasteiger partial charge in [0.1, 0.15) is 5.82 Å². The van der Waals surface area contributed by atoms with Gasteiger partial charge in [-0.1, -0.05) is 41.9 Å². The molecule has 168 valence electrons. The molecule has 6 nitrogen and oxygen atoms in total. The number of para-hydroxylation sites is 2. The van der Waals surface area contributed by atoms with Crippen LogP contribution in [0.1, 0.15) is 23.9 Å². The number of imidazole rings is 1. The molecule has 3 aromatic carbocycles. The summed E-state index contributed by atoms with van der Waals surface area (Å²) in [6, 6.07) is 20.6. The van der Waals surface area contributed by atoms with Crippen LogP contribution in [0.2, 0.25) is 5.02 Å². The SMILES string of the molecule is CCOc1cc(C=C(C(=O)NCc2ccc(Cl)cc2)c2nc3ccccc3[nH]2)ccc1OC. The van der Waals surface area contributed by atoms with Crippen LogP contribution in [0.4, 0.5) is 0 Å². The molecule has 0 aliphatic rings. The van der Waals surface area contributed by atoms with Gasteiger partial charge >= 0.3 is 0 Å². The Kier molecular flexibility index (Phi) is 6.95. The second kappa shape index (κ2) is 10.2. The molecule has 0 aliphatic heterocycles. The van der Waals surface area contributed by atoms with Gasteiger partial charge in [0, 0.05) is 11.6 Å². The number of methoxy groups -OCH3 is 1. The van der Waals surface area contributed by atoms with Gasteiger partial charge < -0.3 is 19.8 Å². The number of halogens is 1. The van der Waals surface area contributed by atoms with Crippen LogP contribution >= 0.6 is 11.6 Å². The fourth-order valence-corrected chi connectivity index (χ4v) is 3.55. The van der Waals surface area contributed by atoms with Gasteiger partial charge in [-0.25, -0.2) is 4.98 Å². The molecule has 33 heavy (non-hydrogen) atoms. The first-order valence-corrected chi connectivity index (χ1v) is 11.0. The lowest BCUT2D eigenvalue weighted by Crippen LogP contribution is -2.24. The van der Waals surface area contributed by atoms with E-state index in [9.17, 15) is 4.79 Å². The molecule has 4 rings (SSSR count). The van der Waals surface area contributed by atoms with Gasteiger partial charge in [0.05, 0.1) is 30.3 Å². The van der Waals surface area contributed by atoms with Crippen molar-refractivity contribution in [2.75, 3.05) is 13.7 Å². The summed E-state index contributed by atoms with van der Waals surface area (Å²) in [6.07, 6.45) is 1.79. The molecule has 0 bridgehead atoms. The number of aromatic nitrogens is 2. The van der Waals surface area contributed by atoms with E-state index in [1.165, 1.54) is 0 Å². The van der Waals surface area contributed by atoms with Crippen molar-refractivity contribution in [1.29, 1.82) is 0 Å². The van der Waals surface area contributed by atoms with Crippen LogP contribution in [0.5, 0.6) is 11.5 Å². The molecule has 2 N–H and O–H groups in total. The third kappa shape index (κ3) is 5.35. The number of aromatic amines is 1. The van der Waals surface area contributed by atoms with Gasteiger partial charge in [0.25, 0.3) is 5.91 Å². The highest BCUT2D eigenvalue weighted by atomic mass is 35.5. The number of benzene rings is 3. The van der Waals surface area contributed by atoms with Gasteiger partial charge in [-0.3, -0.25) is 4.79 Å². The third-order valence-corrected chi connectivity index (χ3v) is 5.31. The monoisotopic (exact) mass is 461 g/mol. The molecule has 0 radical (unpaired) electrons. The van der Waals surface area contributed by atoms with Crippen LogP contribution in [0, 0.1) is 0 Å². The van der Waals surface area contributed by atoms with Crippen molar-refractivity contribution < 1.29 is 14.3 Å². The molecule has 1 aromatic heterocycles. The summed E-state index contributed by atoms with van der Waals surface area (Å²) < 4.78 is 11.1. The lowest BCUT2D eigenvalue weighted by molar-refractivity contribution is -0.115. The van der Waals surface area contributed by atoms with Crippen molar-refractivity contribution >= 4 is 40.2 Å². The highest BCUT2D eigenvalue weighted by Gasteiger charge is 2.17. The average molecular weight is 462 g/mol. The van der Waals surface area contributed by atoms with Gasteiger partial charge in [-0.15, -0.1) is 0 Å². The Labute approximate surface area is 197 Å². The smallest absolute Gasteiger partial charge is 0.255 e. The number of hydrogen-bond acceptors (Lipinski definition) is 4. The summed E-state index contributed by atoms with van der Waals surface area (Å²) in [5.41, 5.74) is 3.78. The minimum absolute atomic E-state index is 0.252. The Hall–Kier alpha value is -3.77. The van der Waals surface area contributed by atoms with Crippen LogP contribution in [0.3, 0.4) is 0 Å². The Morgan fingerprint density at radius 1 is 1.09 bits per heavy atom. The lowest BCUT2D eigenvalue weighted by Gasteiger charge is -2.11. The van der Waals surface area contributed by atoms with Crippen LogP contribution in [-0.2, 0) is 11.3 Å². The molecule has 0 saturated carbocycles. The van der Waals surface area contributed by atoms with Crippen molar-refractivity contribution in [3.8, 4) is 11.5 Å². The number of fused-ring (bicyclic) bond motifs is 1. The molecule has 0 saturated heterocycles. The summed E-state index contributed by atoms with van der Waals surface area (Å²) in [5, 5.41) is 3.63. The first-order valence-electron chi connectivity index (χ1n) is 10.6. The fourth-order valence-electron chi connectivity index (χ4n) is 3.42. The normalized spacial score (nSPS) is 11.4. The topological polar surface area (TPSA) is 76.2 Å². The lowest BCUT2D eigenvalue weighted by atomic mass is 10.1. The Morgan fingerprint density at radius 3 is 2.61 bits per heavy atom. The third-order valence-electron chi connectivity index (χ3n) is 5.05. The van der Waals surface area contributed by atoms with Crippen molar-refractivity contribution in [1.82, 2.24) is 15.3 Å². The van der Waals surface area contributed by atoms with Crippen molar-refractivity contribution in [3.63, 3.8) is 0 Å². The standard InChI is InChI=1S/C26H24ClN3O3/c1-3-33-24-15-18(10-13-23(24)32-2)14-20(25-29-21-6-4-5-7-22(21)30-25)26(31)28-16-17-8-11-19(27)12-9-17/h4-15H,3,16H2,1-2H3,(H,28,31)(H,29,30). The Bertz CT molecular complexity index is 1260. The first-order chi connectivity index (χ1) is 16.1. The molecule has 0 atom stereocenters. The van der Waals surface area contributed by atoms with E-state index in [2.05, 4.69) is 15.3 Å². The molecule has 1 amide bonds. The van der Waals surface area contributed by atoms with Gasteiger partial charge in [-0.2, -0.15) is 0 Å². The average Bonchev–Trinajstić information content (AvgIpc) is 3.26. The van der Waals surface area contributed by atoms with E-state index in [1.54, 1.807) is 25.3 Å². The Balaban J connectivity index is 1.69. The molecule has 0 aliphatic carbocycles. The summed E-state index contributed by atoms with van der Waals surface area (Å²) in [4.78, 5) is 21.2. The van der Waals surface area contributed by atoms with E-state index in [-0.39, 0.29) is 5.91 Å². The molecular formula is C26H24ClN3O3. The number of amides is 1. The van der Waals surface area contributed by atoms with Crippen LogP contribution in [0.15, 0.2) is 66.7 Å². The zero-order valence-corrected chi connectivity index (χ0v) is 19.1. The van der Waals surface area contributed by atoms with Crippen LogP contribution in [-0.4, -0.2) is 29.6 Å².